The third-order valence-corrected chi connectivity index (χ3v) is 2.47. The first-order valence-electron chi connectivity index (χ1n) is 4.73. The zero-order valence-electron chi connectivity index (χ0n) is 8.12. The molecule has 0 saturated carbocycles. The Hall–Kier alpha value is -1.51. The Morgan fingerprint density at radius 3 is 2.93 bits per heavy atom. The third kappa shape index (κ3) is 1.87. The Labute approximate surface area is 83.1 Å². The summed E-state index contributed by atoms with van der Waals surface area (Å²) >= 11 is 0. The van der Waals surface area contributed by atoms with E-state index in [-0.39, 0.29) is 12.1 Å². The van der Waals surface area contributed by atoms with Crippen molar-refractivity contribution in [2.24, 2.45) is 0 Å². The molecule has 1 N–H and O–H groups in total. The third-order valence-electron chi connectivity index (χ3n) is 2.47. The zero-order valence-corrected chi connectivity index (χ0v) is 8.12. The van der Waals surface area contributed by atoms with Gasteiger partial charge in [0.05, 0.1) is 6.04 Å². The Balaban J connectivity index is 2.04. The lowest BCUT2D eigenvalue weighted by Crippen LogP contribution is -2.28. The number of hydrogen-bond acceptors (Lipinski definition) is 2. The van der Waals surface area contributed by atoms with E-state index in [1.165, 1.54) is 11.1 Å². The van der Waals surface area contributed by atoms with Crippen LogP contribution in [0.15, 0.2) is 24.3 Å². The van der Waals surface area contributed by atoms with Crippen molar-refractivity contribution in [2.75, 3.05) is 6.61 Å². The molecule has 3 nitrogen and oxygen atoms in total. The van der Waals surface area contributed by atoms with Crippen LogP contribution in [-0.2, 0) is 11.2 Å². The summed E-state index contributed by atoms with van der Waals surface area (Å²) in [6.07, 6.45) is 0.543. The molecule has 14 heavy (non-hydrogen) atoms. The molecular weight excluding hydrogens is 178 g/mol. The second-order valence-corrected chi connectivity index (χ2v) is 3.57. The summed E-state index contributed by atoms with van der Waals surface area (Å²) in [6.45, 7) is 2.56. The van der Waals surface area contributed by atoms with Crippen LogP contribution in [0, 0.1) is 6.92 Å². The molecule has 1 fully saturated rings. The van der Waals surface area contributed by atoms with Gasteiger partial charge in [-0.3, -0.25) is 0 Å². The summed E-state index contributed by atoms with van der Waals surface area (Å²) in [5.74, 6) is 0. The number of carbonyl (C=O) groups is 1. The summed E-state index contributed by atoms with van der Waals surface area (Å²) in [6, 6.07) is 8.32. The highest BCUT2D eigenvalue weighted by atomic mass is 16.6. The van der Waals surface area contributed by atoms with Crippen LogP contribution in [0.3, 0.4) is 0 Å². The Morgan fingerprint density at radius 1 is 1.50 bits per heavy atom. The van der Waals surface area contributed by atoms with Crippen molar-refractivity contribution in [1.29, 1.82) is 0 Å². The molecule has 0 radical (unpaired) electrons. The summed E-state index contributed by atoms with van der Waals surface area (Å²) in [4.78, 5) is 10.8. The largest absolute Gasteiger partial charge is 0.447 e. The number of benzene rings is 1. The molecule has 1 aliphatic heterocycles. The average molecular weight is 191 g/mol. The molecule has 1 saturated heterocycles. The van der Waals surface area contributed by atoms with E-state index >= 15 is 0 Å². The van der Waals surface area contributed by atoms with Gasteiger partial charge in [0.2, 0.25) is 0 Å². The summed E-state index contributed by atoms with van der Waals surface area (Å²) in [7, 11) is 0. The number of alkyl carbamates (subject to hydrolysis) is 1. The zero-order chi connectivity index (χ0) is 9.97. The van der Waals surface area contributed by atoms with Crippen molar-refractivity contribution in [1.82, 2.24) is 5.32 Å². The predicted molar refractivity (Wildman–Crippen MR) is 53.2 cm³/mol. The van der Waals surface area contributed by atoms with Crippen LogP contribution < -0.4 is 5.32 Å². The topological polar surface area (TPSA) is 38.3 Å². The predicted octanol–water partition coefficient (Wildman–Crippen LogP) is 1.65. The molecule has 1 aromatic carbocycles. The van der Waals surface area contributed by atoms with Crippen LogP contribution >= 0.6 is 0 Å². The fraction of sp³-hybridized carbons (Fsp3) is 0.364. The van der Waals surface area contributed by atoms with Gasteiger partial charge in [0.1, 0.15) is 6.61 Å². The Kier molecular flexibility index (Phi) is 2.39. The van der Waals surface area contributed by atoms with Crippen molar-refractivity contribution in [3.8, 4) is 0 Å². The van der Waals surface area contributed by atoms with Crippen molar-refractivity contribution in [2.45, 2.75) is 19.4 Å². The molecule has 0 bridgehead atoms. The van der Waals surface area contributed by atoms with Gasteiger partial charge in [0.15, 0.2) is 0 Å². The summed E-state index contributed by atoms with van der Waals surface area (Å²) < 4.78 is 4.83. The SMILES string of the molecule is Cc1ccccc1CC1COC(=O)N1. The van der Waals surface area contributed by atoms with E-state index in [1.54, 1.807) is 0 Å². The highest BCUT2D eigenvalue weighted by Crippen LogP contribution is 2.11. The first kappa shape index (κ1) is 9.06. The second kappa shape index (κ2) is 3.70. The van der Waals surface area contributed by atoms with Crippen LogP contribution in [0.4, 0.5) is 4.79 Å². The minimum Gasteiger partial charge on any atom is -0.447 e. The maximum absolute atomic E-state index is 10.8. The van der Waals surface area contributed by atoms with E-state index < -0.39 is 0 Å². The number of rotatable bonds is 2. The van der Waals surface area contributed by atoms with Crippen LogP contribution in [0.25, 0.3) is 0 Å². The van der Waals surface area contributed by atoms with Crippen LogP contribution in [-0.4, -0.2) is 18.7 Å². The molecule has 2 rings (SSSR count). The minimum atomic E-state index is -0.302. The normalized spacial score (nSPS) is 20.4. The number of ether oxygens (including phenoxy) is 1. The Bertz CT molecular complexity index is 349. The molecule has 1 amide bonds. The number of carbonyl (C=O) groups excluding carboxylic acids is 1. The van der Waals surface area contributed by atoms with Crippen LogP contribution in [0.1, 0.15) is 11.1 Å². The van der Waals surface area contributed by atoms with Gasteiger partial charge in [0, 0.05) is 0 Å². The molecule has 1 heterocycles. The monoisotopic (exact) mass is 191 g/mol. The fourth-order valence-corrected chi connectivity index (χ4v) is 1.64. The molecule has 0 spiro atoms. The molecule has 0 aliphatic carbocycles. The lowest BCUT2D eigenvalue weighted by Gasteiger charge is -2.09. The molecule has 1 aliphatic rings. The van der Waals surface area contributed by atoms with Gasteiger partial charge in [0.25, 0.3) is 0 Å². The van der Waals surface area contributed by atoms with Gasteiger partial charge in [-0.05, 0) is 24.5 Å². The van der Waals surface area contributed by atoms with Gasteiger partial charge in [-0.2, -0.15) is 0 Å². The van der Waals surface area contributed by atoms with Gasteiger partial charge < -0.3 is 10.1 Å². The van der Waals surface area contributed by atoms with E-state index in [9.17, 15) is 4.79 Å². The first-order valence-corrected chi connectivity index (χ1v) is 4.73. The number of hydrogen-bond donors (Lipinski definition) is 1. The van der Waals surface area contributed by atoms with E-state index in [1.807, 2.05) is 12.1 Å². The highest BCUT2D eigenvalue weighted by molar-refractivity contribution is 5.69. The van der Waals surface area contributed by atoms with E-state index in [2.05, 4.69) is 24.4 Å². The van der Waals surface area contributed by atoms with Crippen molar-refractivity contribution in [3.63, 3.8) is 0 Å². The van der Waals surface area contributed by atoms with Crippen molar-refractivity contribution in [3.05, 3.63) is 35.4 Å². The quantitative estimate of drug-likeness (QED) is 0.771. The van der Waals surface area contributed by atoms with Crippen LogP contribution in [0.2, 0.25) is 0 Å². The first-order chi connectivity index (χ1) is 6.75. The Morgan fingerprint density at radius 2 is 2.29 bits per heavy atom. The maximum atomic E-state index is 10.8. The lowest BCUT2D eigenvalue weighted by atomic mass is 10.0. The van der Waals surface area contributed by atoms with E-state index in [0.29, 0.717) is 6.61 Å². The van der Waals surface area contributed by atoms with Gasteiger partial charge in [-0.15, -0.1) is 0 Å². The minimum absolute atomic E-state index is 0.128. The number of amides is 1. The maximum Gasteiger partial charge on any atom is 0.407 e. The molecule has 1 unspecified atom stereocenters. The van der Waals surface area contributed by atoms with Gasteiger partial charge >= 0.3 is 6.09 Å². The van der Waals surface area contributed by atoms with Gasteiger partial charge in [-0.25, -0.2) is 4.79 Å². The molecular formula is C11H13NO2. The highest BCUT2D eigenvalue weighted by Gasteiger charge is 2.22. The number of nitrogens with one attached hydrogen (secondary N) is 1. The molecule has 74 valence electrons. The number of cyclic esters (lactones) is 1. The van der Waals surface area contributed by atoms with E-state index in [4.69, 9.17) is 4.74 Å². The molecule has 1 aromatic rings. The average Bonchev–Trinajstić information content (AvgIpc) is 2.56. The number of aryl methyl sites for hydroxylation is 1. The van der Waals surface area contributed by atoms with Crippen LogP contribution in [0.5, 0.6) is 0 Å². The van der Waals surface area contributed by atoms with Crippen molar-refractivity contribution < 1.29 is 9.53 Å². The summed E-state index contributed by atoms with van der Waals surface area (Å²) in [5, 5.41) is 2.77. The smallest absolute Gasteiger partial charge is 0.407 e. The second-order valence-electron chi connectivity index (χ2n) is 3.57. The van der Waals surface area contributed by atoms with Gasteiger partial charge in [-0.1, -0.05) is 24.3 Å². The molecule has 1 atom stereocenters. The van der Waals surface area contributed by atoms with Crippen molar-refractivity contribution >= 4 is 6.09 Å². The standard InChI is InChI=1S/C11H13NO2/c1-8-4-2-3-5-9(8)6-10-7-14-11(13)12-10/h2-5,10H,6-7H2,1H3,(H,12,13). The fourth-order valence-electron chi connectivity index (χ4n) is 1.64. The molecule has 3 heteroatoms. The lowest BCUT2D eigenvalue weighted by molar-refractivity contribution is 0.177. The molecule has 0 aromatic heterocycles. The van der Waals surface area contributed by atoms with E-state index in [0.717, 1.165) is 6.42 Å². The summed E-state index contributed by atoms with van der Waals surface area (Å²) in [5.41, 5.74) is 2.52.